The molecule has 1 aromatic rings. The van der Waals surface area contributed by atoms with Gasteiger partial charge in [-0.1, -0.05) is 41.5 Å². The van der Waals surface area contributed by atoms with Crippen molar-refractivity contribution in [1.29, 1.82) is 0 Å². The number of pyridine rings is 1. The summed E-state index contributed by atoms with van der Waals surface area (Å²) in [4.78, 5) is 27.6. The van der Waals surface area contributed by atoms with Crippen molar-refractivity contribution in [2.75, 3.05) is 33.5 Å². The Morgan fingerprint density at radius 1 is 1.00 bits per heavy atom. The smallest absolute Gasteiger partial charge is 0.332 e. The number of hydrogen-bond donors (Lipinski definition) is 1. The maximum Gasteiger partial charge on any atom is 0.332 e. The molecule has 0 saturated carbocycles. The summed E-state index contributed by atoms with van der Waals surface area (Å²) >= 11 is 0. The van der Waals surface area contributed by atoms with Crippen LogP contribution in [0.4, 0.5) is 4.11 Å². The van der Waals surface area contributed by atoms with Crippen molar-refractivity contribution in [3.8, 4) is 5.75 Å². The molecule has 0 fully saturated rings. The first-order valence-electron chi connectivity index (χ1n) is 11.5. The van der Waals surface area contributed by atoms with Crippen molar-refractivity contribution >= 4 is 25.5 Å². The minimum absolute atomic E-state index is 0.0541. The molecule has 0 aliphatic carbocycles. The van der Waals surface area contributed by atoms with Gasteiger partial charge in [-0.15, -0.1) is 0 Å². The number of rotatable bonds is 9. The standard InChI is InChI=1S/C24H41FN2O7Si/c1-22(2,3)34-21(29)16-33-12-11-32-15-20(28)26-19-13-17(31-10)18(14-27(19)30)35(25,23(4,5)6)24(7,8)9/h13-14,30H,11-12,15-16H2,1-10H3. The van der Waals surface area contributed by atoms with Crippen LogP contribution in [0.15, 0.2) is 17.3 Å². The van der Waals surface area contributed by atoms with E-state index in [0.717, 1.165) is 0 Å². The van der Waals surface area contributed by atoms with Crippen LogP contribution in [0, 0.1) is 0 Å². The molecule has 0 unspecified atom stereocenters. The molecular formula is C24H41FN2O7Si. The van der Waals surface area contributed by atoms with Crippen LogP contribution in [-0.2, 0) is 23.8 Å². The molecule has 200 valence electrons. The number of carbonyl (C=O) groups is 2. The predicted molar refractivity (Wildman–Crippen MR) is 132 cm³/mol. The maximum atomic E-state index is 16.7. The van der Waals surface area contributed by atoms with E-state index in [-0.39, 0.29) is 42.9 Å². The van der Waals surface area contributed by atoms with Crippen molar-refractivity contribution < 1.29 is 37.9 Å². The Hall–Kier alpha value is -2.24. The molecule has 9 nitrogen and oxygen atoms in total. The zero-order valence-electron chi connectivity index (χ0n) is 22.7. The fourth-order valence-corrected chi connectivity index (χ4v) is 8.60. The number of carbonyl (C=O) groups excluding carboxylic acids is 2. The van der Waals surface area contributed by atoms with Gasteiger partial charge in [-0.2, -0.15) is 9.72 Å². The van der Waals surface area contributed by atoms with Gasteiger partial charge in [0.15, 0.2) is 5.49 Å². The molecule has 1 heterocycles. The van der Waals surface area contributed by atoms with Gasteiger partial charge in [0.25, 0.3) is 14.3 Å². The van der Waals surface area contributed by atoms with E-state index in [4.69, 9.17) is 18.9 Å². The van der Waals surface area contributed by atoms with E-state index >= 15 is 4.11 Å². The van der Waals surface area contributed by atoms with Crippen LogP contribution in [0.25, 0.3) is 0 Å². The summed E-state index contributed by atoms with van der Waals surface area (Å²) in [6, 6.07) is 1.34. The molecular weight excluding hydrogens is 475 g/mol. The zero-order valence-corrected chi connectivity index (χ0v) is 23.7. The van der Waals surface area contributed by atoms with Gasteiger partial charge >= 0.3 is 5.97 Å². The number of ether oxygens (including phenoxy) is 4. The second-order valence-electron chi connectivity index (χ2n) is 11.3. The van der Waals surface area contributed by atoms with Crippen molar-refractivity contribution in [2.24, 2.45) is 4.99 Å². The van der Waals surface area contributed by atoms with Crippen molar-refractivity contribution in [1.82, 2.24) is 4.73 Å². The van der Waals surface area contributed by atoms with Crippen LogP contribution in [-0.4, -0.2) is 69.4 Å². The van der Waals surface area contributed by atoms with Crippen LogP contribution in [0.1, 0.15) is 62.3 Å². The van der Waals surface area contributed by atoms with Crippen LogP contribution < -0.4 is 15.4 Å². The molecule has 0 bridgehead atoms. The maximum absolute atomic E-state index is 16.7. The minimum Gasteiger partial charge on any atom is -0.497 e. The number of aromatic nitrogens is 1. The van der Waals surface area contributed by atoms with Gasteiger partial charge in [0.05, 0.1) is 26.5 Å². The highest BCUT2D eigenvalue weighted by molar-refractivity contribution is 6.91. The van der Waals surface area contributed by atoms with E-state index in [1.54, 1.807) is 20.8 Å². The average molecular weight is 517 g/mol. The summed E-state index contributed by atoms with van der Waals surface area (Å²) in [5.41, 5.74) is -0.706. The third-order valence-electron chi connectivity index (χ3n) is 5.15. The lowest BCUT2D eigenvalue weighted by molar-refractivity contribution is -0.160. The first kappa shape index (κ1) is 30.8. The van der Waals surface area contributed by atoms with E-state index < -0.39 is 36.0 Å². The highest BCUT2D eigenvalue weighted by Gasteiger charge is 2.58. The minimum atomic E-state index is -3.75. The van der Waals surface area contributed by atoms with Crippen LogP contribution in [0.3, 0.4) is 0 Å². The van der Waals surface area contributed by atoms with Crippen LogP contribution in [0.5, 0.6) is 5.75 Å². The molecule has 0 aliphatic heterocycles. The molecule has 0 spiro atoms. The first-order valence-corrected chi connectivity index (χ1v) is 13.4. The third-order valence-corrected chi connectivity index (χ3v) is 10.4. The molecule has 0 aromatic carbocycles. The summed E-state index contributed by atoms with van der Waals surface area (Å²) in [6.45, 7) is 15.8. The molecule has 0 radical (unpaired) electrons. The lowest BCUT2D eigenvalue weighted by atomic mass is 10.2. The Morgan fingerprint density at radius 3 is 1.97 bits per heavy atom. The lowest BCUT2D eigenvalue weighted by Gasteiger charge is -2.45. The molecule has 0 aliphatic rings. The number of halogens is 1. The van der Waals surface area contributed by atoms with Gasteiger partial charge in [0.2, 0.25) is 0 Å². The first-order chi connectivity index (χ1) is 15.8. The summed E-state index contributed by atoms with van der Waals surface area (Å²) in [5.74, 6) is -0.936. The summed E-state index contributed by atoms with van der Waals surface area (Å²) in [6.07, 6.45) is 1.25. The molecule has 1 aromatic heterocycles. The lowest BCUT2D eigenvalue weighted by Crippen LogP contribution is -2.59. The van der Waals surface area contributed by atoms with Gasteiger partial charge < -0.3 is 28.3 Å². The Balaban J connectivity index is 2.91. The Bertz CT molecular complexity index is 943. The molecule has 1 N–H and O–H groups in total. The fourth-order valence-electron chi connectivity index (χ4n) is 3.92. The van der Waals surface area contributed by atoms with E-state index in [9.17, 15) is 14.8 Å². The normalized spacial score (nSPS) is 13.6. The molecule has 1 amide bonds. The highest BCUT2D eigenvalue weighted by Crippen LogP contribution is 2.52. The number of esters is 1. The second-order valence-corrected chi connectivity index (χ2v) is 16.2. The Kier molecular flexibility index (Phi) is 10.3. The summed E-state index contributed by atoms with van der Waals surface area (Å²) < 4.78 is 38.3. The summed E-state index contributed by atoms with van der Waals surface area (Å²) in [7, 11) is -2.34. The van der Waals surface area contributed by atoms with E-state index in [1.165, 1.54) is 19.4 Å². The van der Waals surface area contributed by atoms with Crippen molar-refractivity contribution in [2.45, 2.75) is 78.0 Å². The topological polar surface area (TPSA) is 109 Å². The van der Waals surface area contributed by atoms with E-state index in [1.807, 2.05) is 41.5 Å². The molecule has 11 heteroatoms. The molecule has 0 saturated heterocycles. The van der Waals surface area contributed by atoms with E-state index in [0.29, 0.717) is 4.73 Å². The van der Waals surface area contributed by atoms with Gasteiger partial charge in [0, 0.05) is 11.3 Å². The summed E-state index contributed by atoms with van der Waals surface area (Å²) in [5, 5.41) is 9.39. The second kappa shape index (κ2) is 11.7. The third kappa shape index (κ3) is 8.43. The fraction of sp³-hybridized carbons (Fsp3) is 0.708. The van der Waals surface area contributed by atoms with Gasteiger partial charge in [-0.3, -0.25) is 4.79 Å². The highest BCUT2D eigenvalue weighted by atomic mass is 28.4. The van der Waals surface area contributed by atoms with Gasteiger partial charge in [0.1, 0.15) is 24.6 Å². The van der Waals surface area contributed by atoms with Gasteiger partial charge in [-0.05, 0) is 30.8 Å². The van der Waals surface area contributed by atoms with E-state index in [2.05, 4.69) is 4.99 Å². The molecule has 35 heavy (non-hydrogen) atoms. The molecule has 1 rings (SSSR count). The quantitative estimate of drug-likeness (QED) is 0.176. The number of nitrogens with zero attached hydrogens (tertiary/aromatic N) is 2. The SMILES string of the molecule is COc1cc(=NC(=O)COCCOCC(=O)OC(C)(C)C)n(O)cc1[Si](F)(C(C)(C)C)C(C)(C)C. The number of hydrogen-bond acceptors (Lipinski definition) is 7. The van der Waals surface area contributed by atoms with Gasteiger partial charge in [-0.25, -0.2) is 4.79 Å². The Morgan fingerprint density at radius 2 is 1.51 bits per heavy atom. The number of amides is 1. The van der Waals surface area contributed by atoms with Crippen LogP contribution in [0.2, 0.25) is 10.1 Å². The van der Waals surface area contributed by atoms with Crippen molar-refractivity contribution in [3.05, 3.63) is 17.8 Å². The molecule has 0 atom stereocenters. The predicted octanol–water partition coefficient (Wildman–Crippen LogP) is 3.26. The van der Waals surface area contributed by atoms with Crippen molar-refractivity contribution in [3.63, 3.8) is 0 Å². The average Bonchev–Trinajstić information content (AvgIpc) is 2.68. The van der Waals surface area contributed by atoms with Crippen LogP contribution >= 0.6 is 0 Å². The zero-order chi connectivity index (χ0) is 27.2. The largest absolute Gasteiger partial charge is 0.497 e. The number of methoxy groups -OCH3 is 1. The monoisotopic (exact) mass is 516 g/mol. The Labute approximate surface area is 208 Å².